The maximum atomic E-state index is 11.0. The first kappa shape index (κ1) is 12.9. The number of fused-ring (bicyclic) bond motifs is 1. The highest BCUT2D eigenvalue weighted by atomic mass is 32.1. The summed E-state index contributed by atoms with van der Waals surface area (Å²) in [5.74, 6) is -0.916. The molecule has 2 atom stereocenters. The van der Waals surface area contributed by atoms with E-state index in [9.17, 15) is 15.0 Å². The first-order valence-corrected chi connectivity index (χ1v) is 5.99. The van der Waals surface area contributed by atoms with E-state index in [1.807, 2.05) is 0 Å². The molecule has 0 aliphatic heterocycles. The predicted molar refractivity (Wildman–Crippen MR) is 70.1 cm³/mol. The van der Waals surface area contributed by atoms with Gasteiger partial charge in [0.05, 0.1) is 11.7 Å². The van der Waals surface area contributed by atoms with Crippen LogP contribution in [0.5, 0.6) is 0 Å². The fourth-order valence-electron chi connectivity index (χ4n) is 1.82. The second kappa shape index (κ2) is 5.01. The van der Waals surface area contributed by atoms with Crippen LogP contribution in [0, 0.1) is 0 Å². The van der Waals surface area contributed by atoms with Gasteiger partial charge in [-0.05, 0) is 17.7 Å². The van der Waals surface area contributed by atoms with Crippen molar-refractivity contribution in [1.29, 1.82) is 0 Å². The number of aliphatic hydroxyl groups is 2. The second-order valence-corrected chi connectivity index (χ2v) is 4.37. The molecule has 2 rings (SSSR count). The second-order valence-electron chi connectivity index (χ2n) is 4.01. The van der Waals surface area contributed by atoms with Crippen LogP contribution in [0.1, 0.15) is 22.0 Å². The molecule has 1 aromatic carbocycles. The van der Waals surface area contributed by atoms with Gasteiger partial charge < -0.3 is 20.3 Å². The number of hydrogen-bond acceptors (Lipinski definition) is 4. The summed E-state index contributed by atoms with van der Waals surface area (Å²) in [6.07, 6.45) is -0.667. The molecule has 6 heteroatoms. The van der Waals surface area contributed by atoms with E-state index in [0.717, 1.165) is 0 Å². The van der Waals surface area contributed by atoms with Crippen molar-refractivity contribution in [2.75, 3.05) is 5.75 Å². The highest BCUT2D eigenvalue weighted by Gasteiger charge is 2.18. The van der Waals surface area contributed by atoms with Gasteiger partial charge in [0, 0.05) is 22.9 Å². The monoisotopic (exact) mass is 267 g/mol. The van der Waals surface area contributed by atoms with Gasteiger partial charge in [0.1, 0.15) is 6.10 Å². The Kier molecular flexibility index (Phi) is 3.60. The summed E-state index contributed by atoms with van der Waals surface area (Å²) >= 11 is 3.91. The van der Waals surface area contributed by atoms with Crippen molar-refractivity contribution in [2.45, 2.75) is 12.2 Å². The van der Waals surface area contributed by atoms with Crippen LogP contribution < -0.4 is 0 Å². The third-order valence-electron chi connectivity index (χ3n) is 2.83. The SMILES string of the molecule is O=C(O)c1c[nH]c2ccc(C(O)C(O)CS)cc12. The van der Waals surface area contributed by atoms with Gasteiger partial charge in [0.15, 0.2) is 0 Å². The van der Waals surface area contributed by atoms with Crippen molar-refractivity contribution >= 4 is 29.5 Å². The van der Waals surface area contributed by atoms with Crippen LogP contribution in [0.2, 0.25) is 0 Å². The minimum atomic E-state index is -1.08. The quantitative estimate of drug-likeness (QED) is 0.538. The standard InChI is InChI=1S/C12H13NO4S/c14-10(5-18)11(15)6-1-2-9-7(3-6)8(4-13-9)12(16)17/h1-4,10-11,13-15,18H,5H2,(H,16,17). The van der Waals surface area contributed by atoms with Gasteiger partial charge in [0.2, 0.25) is 0 Å². The lowest BCUT2D eigenvalue weighted by atomic mass is 10.0. The average Bonchev–Trinajstić information content (AvgIpc) is 2.79. The molecule has 1 heterocycles. The van der Waals surface area contributed by atoms with Crippen LogP contribution in [0.3, 0.4) is 0 Å². The molecule has 0 bridgehead atoms. The number of H-pyrrole nitrogens is 1. The maximum absolute atomic E-state index is 11.0. The van der Waals surface area contributed by atoms with E-state index in [0.29, 0.717) is 16.5 Å². The average molecular weight is 267 g/mol. The Labute approximate surface area is 108 Å². The molecular weight excluding hydrogens is 254 g/mol. The molecule has 0 saturated heterocycles. The smallest absolute Gasteiger partial charge is 0.337 e. The molecule has 0 aliphatic rings. The van der Waals surface area contributed by atoms with Crippen molar-refractivity contribution in [1.82, 2.24) is 4.98 Å². The topological polar surface area (TPSA) is 93.5 Å². The van der Waals surface area contributed by atoms with Crippen molar-refractivity contribution in [3.8, 4) is 0 Å². The van der Waals surface area contributed by atoms with Gasteiger partial charge in [-0.2, -0.15) is 12.6 Å². The fraction of sp³-hybridized carbons (Fsp3) is 0.250. The van der Waals surface area contributed by atoms with Gasteiger partial charge >= 0.3 is 5.97 Å². The maximum Gasteiger partial charge on any atom is 0.337 e. The van der Waals surface area contributed by atoms with Crippen LogP contribution in [0.15, 0.2) is 24.4 Å². The third-order valence-corrected chi connectivity index (χ3v) is 3.20. The summed E-state index contributed by atoms with van der Waals surface area (Å²) in [6, 6.07) is 4.87. The minimum absolute atomic E-state index is 0.123. The normalized spacial score (nSPS) is 14.6. The molecule has 2 unspecified atom stereocenters. The lowest BCUT2D eigenvalue weighted by Crippen LogP contribution is -2.19. The highest BCUT2D eigenvalue weighted by Crippen LogP contribution is 2.25. The molecule has 18 heavy (non-hydrogen) atoms. The van der Waals surface area contributed by atoms with Gasteiger partial charge in [-0.1, -0.05) is 6.07 Å². The summed E-state index contributed by atoms with van der Waals surface area (Å²) in [7, 11) is 0. The Hall–Kier alpha value is -1.50. The number of aliphatic hydroxyl groups excluding tert-OH is 2. The first-order valence-electron chi connectivity index (χ1n) is 5.36. The number of benzene rings is 1. The largest absolute Gasteiger partial charge is 0.478 e. The third kappa shape index (κ3) is 2.22. The molecule has 2 aromatic rings. The van der Waals surface area contributed by atoms with E-state index < -0.39 is 18.2 Å². The van der Waals surface area contributed by atoms with E-state index in [2.05, 4.69) is 17.6 Å². The molecule has 0 aliphatic carbocycles. The predicted octanol–water partition coefficient (Wildman–Crippen LogP) is 1.19. The summed E-state index contributed by atoms with van der Waals surface area (Å²) in [6.45, 7) is 0. The number of carbonyl (C=O) groups is 1. The van der Waals surface area contributed by atoms with E-state index >= 15 is 0 Å². The number of hydrogen-bond donors (Lipinski definition) is 5. The number of nitrogens with one attached hydrogen (secondary N) is 1. The van der Waals surface area contributed by atoms with E-state index in [4.69, 9.17) is 5.11 Å². The van der Waals surface area contributed by atoms with Gasteiger partial charge in [-0.15, -0.1) is 0 Å². The van der Waals surface area contributed by atoms with Gasteiger partial charge in [-0.25, -0.2) is 4.79 Å². The van der Waals surface area contributed by atoms with Crippen LogP contribution >= 0.6 is 12.6 Å². The zero-order valence-electron chi connectivity index (χ0n) is 9.37. The number of thiol groups is 1. The van der Waals surface area contributed by atoms with E-state index in [-0.39, 0.29) is 11.3 Å². The molecule has 1 aromatic heterocycles. The Balaban J connectivity index is 2.48. The molecule has 96 valence electrons. The Bertz CT molecular complexity index is 580. The lowest BCUT2D eigenvalue weighted by molar-refractivity contribution is 0.0338. The van der Waals surface area contributed by atoms with Crippen molar-refractivity contribution < 1.29 is 20.1 Å². The molecule has 0 radical (unpaired) electrons. The van der Waals surface area contributed by atoms with Crippen LogP contribution in [0.25, 0.3) is 10.9 Å². The molecule has 0 saturated carbocycles. The van der Waals surface area contributed by atoms with Crippen molar-refractivity contribution in [2.24, 2.45) is 0 Å². The molecule has 5 nitrogen and oxygen atoms in total. The Morgan fingerprint density at radius 2 is 2.11 bits per heavy atom. The minimum Gasteiger partial charge on any atom is -0.478 e. The summed E-state index contributed by atoms with van der Waals surface area (Å²) in [5.41, 5.74) is 1.27. The van der Waals surface area contributed by atoms with Gasteiger partial charge in [-0.3, -0.25) is 0 Å². The molecular formula is C12H13NO4S. The number of carboxylic acid groups (broad SMARTS) is 1. The number of carboxylic acids is 1. The number of aromatic nitrogens is 1. The van der Waals surface area contributed by atoms with Crippen LogP contribution in [-0.4, -0.2) is 38.1 Å². The molecule has 0 spiro atoms. The lowest BCUT2D eigenvalue weighted by Gasteiger charge is -2.16. The van der Waals surface area contributed by atoms with Gasteiger partial charge in [0.25, 0.3) is 0 Å². The number of rotatable bonds is 4. The van der Waals surface area contributed by atoms with E-state index in [1.54, 1.807) is 18.2 Å². The summed E-state index contributed by atoms with van der Waals surface area (Å²) < 4.78 is 0. The van der Waals surface area contributed by atoms with Crippen LogP contribution in [0.4, 0.5) is 0 Å². The fourth-order valence-corrected chi connectivity index (χ4v) is 2.02. The molecule has 0 amide bonds. The van der Waals surface area contributed by atoms with Crippen molar-refractivity contribution in [3.05, 3.63) is 35.5 Å². The van der Waals surface area contributed by atoms with Crippen LogP contribution in [-0.2, 0) is 0 Å². The summed E-state index contributed by atoms with van der Waals surface area (Å²) in [5, 5.41) is 28.9. The molecule has 4 N–H and O–H groups in total. The molecule has 0 fully saturated rings. The van der Waals surface area contributed by atoms with E-state index in [1.165, 1.54) is 6.20 Å². The van der Waals surface area contributed by atoms with Crippen molar-refractivity contribution in [3.63, 3.8) is 0 Å². The Morgan fingerprint density at radius 1 is 1.39 bits per heavy atom. The number of aromatic carboxylic acids is 1. The highest BCUT2D eigenvalue weighted by molar-refractivity contribution is 7.80. The zero-order valence-corrected chi connectivity index (χ0v) is 10.3. The number of aromatic amines is 1. The zero-order chi connectivity index (χ0) is 13.3. The first-order chi connectivity index (χ1) is 8.54. The Morgan fingerprint density at radius 3 is 2.72 bits per heavy atom. The summed E-state index contributed by atoms with van der Waals surface area (Å²) in [4.78, 5) is 13.8.